The van der Waals surface area contributed by atoms with Crippen molar-refractivity contribution >= 4 is 17.1 Å². The van der Waals surface area contributed by atoms with E-state index in [-0.39, 0.29) is 34.2 Å². The summed E-state index contributed by atoms with van der Waals surface area (Å²) in [5.41, 5.74) is 6.17. The Morgan fingerprint density at radius 1 is 1.18 bits per heavy atom. The minimum atomic E-state index is -0.995. The summed E-state index contributed by atoms with van der Waals surface area (Å²) in [6, 6.07) is 3.83. The standard InChI is InChI=1S/C14H11F2N5O/c1-2-22-13-11-12(20-14(17)21-13)18-6-9(19-11)7-4-3-5-8(15)10(7)16/h3-6H,2H2,1H3,(H2,17,18,20,21). The Morgan fingerprint density at radius 3 is 2.77 bits per heavy atom. The number of nitrogen functional groups attached to an aromatic ring is 1. The van der Waals surface area contributed by atoms with E-state index in [1.54, 1.807) is 6.92 Å². The first-order valence-corrected chi connectivity index (χ1v) is 6.47. The number of hydrogen-bond acceptors (Lipinski definition) is 6. The van der Waals surface area contributed by atoms with Gasteiger partial charge in [0.15, 0.2) is 22.8 Å². The Morgan fingerprint density at radius 2 is 2.00 bits per heavy atom. The number of benzene rings is 1. The van der Waals surface area contributed by atoms with E-state index in [1.165, 1.54) is 18.3 Å². The Balaban J connectivity index is 2.22. The van der Waals surface area contributed by atoms with Crippen LogP contribution in [0, 0.1) is 11.6 Å². The number of aromatic nitrogens is 4. The molecule has 8 heteroatoms. The molecule has 0 radical (unpaired) electrons. The van der Waals surface area contributed by atoms with E-state index >= 15 is 0 Å². The summed E-state index contributed by atoms with van der Waals surface area (Å²) in [6.45, 7) is 2.11. The number of ether oxygens (including phenoxy) is 1. The maximum atomic E-state index is 13.9. The minimum Gasteiger partial charge on any atom is -0.476 e. The molecule has 2 aromatic heterocycles. The molecule has 0 spiro atoms. The molecule has 0 aliphatic rings. The van der Waals surface area contributed by atoms with Crippen molar-refractivity contribution in [3.05, 3.63) is 36.0 Å². The molecule has 2 heterocycles. The van der Waals surface area contributed by atoms with Gasteiger partial charge in [0.25, 0.3) is 0 Å². The molecule has 1 aromatic carbocycles. The van der Waals surface area contributed by atoms with Crippen LogP contribution in [-0.4, -0.2) is 26.5 Å². The Hall–Kier alpha value is -2.90. The predicted molar refractivity (Wildman–Crippen MR) is 76.1 cm³/mol. The zero-order valence-electron chi connectivity index (χ0n) is 11.5. The first kappa shape index (κ1) is 14.1. The van der Waals surface area contributed by atoms with Gasteiger partial charge in [-0.3, -0.25) is 0 Å². The smallest absolute Gasteiger partial charge is 0.247 e. The SMILES string of the molecule is CCOc1nc(N)nc2ncc(-c3cccc(F)c3F)nc12. The lowest BCUT2D eigenvalue weighted by Crippen LogP contribution is -2.04. The maximum absolute atomic E-state index is 13.9. The molecule has 0 amide bonds. The van der Waals surface area contributed by atoms with Crippen LogP contribution in [-0.2, 0) is 0 Å². The van der Waals surface area contributed by atoms with Gasteiger partial charge in [0.1, 0.15) is 0 Å². The highest BCUT2D eigenvalue weighted by atomic mass is 19.2. The van der Waals surface area contributed by atoms with Gasteiger partial charge in [-0.05, 0) is 19.1 Å². The van der Waals surface area contributed by atoms with Crippen LogP contribution in [0.4, 0.5) is 14.7 Å². The molecule has 6 nitrogen and oxygen atoms in total. The van der Waals surface area contributed by atoms with Gasteiger partial charge in [0.2, 0.25) is 11.8 Å². The summed E-state index contributed by atoms with van der Waals surface area (Å²) in [7, 11) is 0. The molecule has 2 N–H and O–H groups in total. The zero-order valence-corrected chi connectivity index (χ0v) is 11.5. The molecule has 3 rings (SSSR count). The third kappa shape index (κ3) is 2.39. The Labute approximate surface area is 124 Å². The minimum absolute atomic E-state index is 0.00469. The maximum Gasteiger partial charge on any atom is 0.247 e. The van der Waals surface area contributed by atoms with E-state index in [0.29, 0.717) is 6.61 Å². The molecule has 0 unspecified atom stereocenters. The highest BCUT2D eigenvalue weighted by molar-refractivity contribution is 5.79. The molecular weight excluding hydrogens is 292 g/mol. The van der Waals surface area contributed by atoms with Crippen LogP contribution in [0.2, 0.25) is 0 Å². The monoisotopic (exact) mass is 303 g/mol. The third-order valence-corrected chi connectivity index (χ3v) is 2.90. The summed E-state index contributed by atoms with van der Waals surface area (Å²) in [5.74, 6) is -1.81. The lowest BCUT2D eigenvalue weighted by Gasteiger charge is -2.08. The number of rotatable bonds is 3. The van der Waals surface area contributed by atoms with Crippen LogP contribution in [0.5, 0.6) is 5.88 Å². The van der Waals surface area contributed by atoms with Gasteiger partial charge in [0.05, 0.1) is 18.5 Å². The second-order valence-electron chi connectivity index (χ2n) is 4.35. The molecule has 0 bridgehead atoms. The quantitative estimate of drug-likeness (QED) is 0.799. The van der Waals surface area contributed by atoms with Crippen molar-refractivity contribution in [2.45, 2.75) is 6.92 Å². The van der Waals surface area contributed by atoms with Gasteiger partial charge < -0.3 is 10.5 Å². The summed E-state index contributed by atoms with van der Waals surface area (Å²) in [4.78, 5) is 16.2. The van der Waals surface area contributed by atoms with Crippen molar-refractivity contribution in [1.29, 1.82) is 0 Å². The van der Waals surface area contributed by atoms with Crippen molar-refractivity contribution in [1.82, 2.24) is 19.9 Å². The Bertz CT molecular complexity index is 856. The molecule has 112 valence electrons. The summed E-state index contributed by atoms with van der Waals surface area (Å²) in [5, 5.41) is 0. The summed E-state index contributed by atoms with van der Waals surface area (Å²) in [6.07, 6.45) is 1.29. The van der Waals surface area contributed by atoms with Gasteiger partial charge in [-0.15, -0.1) is 0 Å². The van der Waals surface area contributed by atoms with E-state index in [4.69, 9.17) is 10.5 Å². The molecule has 0 aliphatic carbocycles. The fourth-order valence-electron chi connectivity index (χ4n) is 1.97. The van der Waals surface area contributed by atoms with E-state index in [2.05, 4.69) is 19.9 Å². The largest absolute Gasteiger partial charge is 0.476 e. The molecule has 0 saturated heterocycles. The van der Waals surface area contributed by atoms with Gasteiger partial charge >= 0.3 is 0 Å². The van der Waals surface area contributed by atoms with E-state index in [9.17, 15) is 8.78 Å². The third-order valence-electron chi connectivity index (χ3n) is 2.90. The van der Waals surface area contributed by atoms with Crippen molar-refractivity contribution in [3.8, 4) is 17.1 Å². The van der Waals surface area contributed by atoms with Gasteiger partial charge in [0, 0.05) is 5.56 Å². The zero-order chi connectivity index (χ0) is 15.7. The number of halogens is 2. The van der Waals surface area contributed by atoms with Gasteiger partial charge in [-0.1, -0.05) is 6.07 Å². The fourth-order valence-corrected chi connectivity index (χ4v) is 1.97. The molecule has 3 aromatic rings. The fraction of sp³-hybridized carbons (Fsp3) is 0.143. The van der Waals surface area contributed by atoms with E-state index in [1.807, 2.05) is 0 Å². The van der Waals surface area contributed by atoms with Crippen LogP contribution < -0.4 is 10.5 Å². The second kappa shape index (κ2) is 5.47. The lowest BCUT2D eigenvalue weighted by molar-refractivity contribution is 0.330. The first-order chi connectivity index (χ1) is 10.6. The topological polar surface area (TPSA) is 86.8 Å². The molecule has 0 atom stereocenters. The van der Waals surface area contributed by atoms with Gasteiger partial charge in [-0.2, -0.15) is 9.97 Å². The number of fused-ring (bicyclic) bond motifs is 1. The number of hydrogen-bond donors (Lipinski definition) is 1. The van der Waals surface area contributed by atoms with Crippen molar-refractivity contribution in [3.63, 3.8) is 0 Å². The van der Waals surface area contributed by atoms with Crippen LogP contribution >= 0.6 is 0 Å². The molecule has 0 fully saturated rings. The van der Waals surface area contributed by atoms with Crippen LogP contribution in [0.25, 0.3) is 22.4 Å². The first-order valence-electron chi connectivity index (χ1n) is 6.47. The second-order valence-corrected chi connectivity index (χ2v) is 4.35. The van der Waals surface area contributed by atoms with Gasteiger partial charge in [-0.25, -0.2) is 18.7 Å². The molecule has 0 aliphatic heterocycles. The average Bonchev–Trinajstić information content (AvgIpc) is 2.50. The highest BCUT2D eigenvalue weighted by Crippen LogP contribution is 2.26. The van der Waals surface area contributed by atoms with E-state index in [0.717, 1.165) is 6.07 Å². The van der Waals surface area contributed by atoms with Crippen molar-refractivity contribution in [2.75, 3.05) is 12.3 Å². The van der Waals surface area contributed by atoms with Crippen molar-refractivity contribution < 1.29 is 13.5 Å². The van der Waals surface area contributed by atoms with E-state index < -0.39 is 11.6 Å². The Kier molecular flexibility index (Phi) is 3.50. The van der Waals surface area contributed by atoms with Crippen molar-refractivity contribution in [2.24, 2.45) is 0 Å². The molecular formula is C14H11F2N5O. The number of nitrogens with zero attached hydrogens (tertiary/aromatic N) is 4. The molecule has 0 saturated carbocycles. The predicted octanol–water partition coefficient (Wildman–Crippen LogP) is 2.35. The number of nitrogens with two attached hydrogens (primary N) is 1. The number of anilines is 1. The molecule has 22 heavy (non-hydrogen) atoms. The normalized spacial score (nSPS) is 10.9. The highest BCUT2D eigenvalue weighted by Gasteiger charge is 2.15. The summed E-state index contributed by atoms with van der Waals surface area (Å²) < 4.78 is 32.6. The van der Waals surface area contributed by atoms with Crippen LogP contribution in [0.3, 0.4) is 0 Å². The summed E-state index contributed by atoms with van der Waals surface area (Å²) >= 11 is 0. The lowest BCUT2D eigenvalue weighted by atomic mass is 10.1. The van der Waals surface area contributed by atoms with Crippen LogP contribution in [0.15, 0.2) is 24.4 Å². The van der Waals surface area contributed by atoms with Crippen LogP contribution in [0.1, 0.15) is 6.92 Å². The average molecular weight is 303 g/mol.